The first-order valence-electron chi connectivity index (χ1n) is 36.5. The third-order valence-electron chi connectivity index (χ3n) is 17.6. The Labute approximate surface area is 564 Å². The number of aliphatic hydroxyl groups is 11. The number of nitrogens with one attached hydrogen (secondary N) is 1. The van der Waals surface area contributed by atoms with Crippen molar-refractivity contribution in [1.29, 1.82) is 0 Å². The van der Waals surface area contributed by atoms with Gasteiger partial charge in [-0.15, -0.1) is 0 Å². The van der Waals surface area contributed by atoms with Crippen LogP contribution >= 0.6 is 0 Å². The predicted octanol–water partition coefficient (Wildman–Crippen LogP) is 10.4. The molecule has 0 aromatic heterocycles. The number of aliphatic hydroxyl groups excluding tert-OH is 11. The first-order chi connectivity index (χ1) is 45.8. The highest BCUT2D eigenvalue weighted by Gasteiger charge is 2.53. The highest BCUT2D eigenvalue weighted by molar-refractivity contribution is 5.76. The van der Waals surface area contributed by atoms with Crippen LogP contribution in [0.1, 0.15) is 239 Å². The number of ether oxygens (including phenoxy) is 6. The molecule has 3 saturated heterocycles. The van der Waals surface area contributed by atoms with Crippen molar-refractivity contribution in [2.75, 3.05) is 26.4 Å². The number of hydrogen-bond acceptors (Lipinski definition) is 18. The van der Waals surface area contributed by atoms with E-state index in [4.69, 9.17) is 28.4 Å². The lowest BCUT2D eigenvalue weighted by molar-refractivity contribution is -0.379. The second kappa shape index (κ2) is 55.6. The second-order valence-corrected chi connectivity index (χ2v) is 25.7. The Morgan fingerprint density at radius 2 is 0.734 bits per heavy atom. The number of allylic oxidation sites excluding steroid dienone is 15. The Bertz CT molecular complexity index is 2080. The molecule has 17 unspecified atom stereocenters. The molecule has 1 amide bonds. The zero-order chi connectivity index (χ0) is 68.2. The smallest absolute Gasteiger partial charge is 0.220 e. The largest absolute Gasteiger partial charge is 0.394 e. The van der Waals surface area contributed by atoms with Crippen LogP contribution in [0, 0.1) is 0 Å². The molecule has 19 heteroatoms. The lowest BCUT2D eigenvalue weighted by Gasteiger charge is -2.48. The van der Waals surface area contributed by atoms with Crippen LogP contribution in [0.3, 0.4) is 0 Å². The average molecular weight is 1330 g/mol. The number of unbranched alkanes of at least 4 members (excludes halogenated alkanes) is 25. The molecule has 0 bridgehead atoms. The third-order valence-corrected chi connectivity index (χ3v) is 17.6. The molecule has 94 heavy (non-hydrogen) atoms. The van der Waals surface area contributed by atoms with Gasteiger partial charge in [0.2, 0.25) is 5.91 Å². The molecule has 3 fully saturated rings. The number of amides is 1. The van der Waals surface area contributed by atoms with Gasteiger partial charge >= 0.3 is 0 Å². The number of carbonyl (C=O) groups is 1. The molecule has 3 heterocycles. The lowest BCUT2D eigenvalue weighted by Crippen LogP contribution is -2.66. The fraction of sp³-hybridized carbons (Fsp3) is 0.773. The molecule has 12 N–H and O–H groups in total. The standard InChI is InChI=1S/C75H129NO18/c1-3-5-7-9-11-13-15-17-19-21-23-24-25-26-27-28-29-30-31-32-33-34-35-37-39-41-43-45-47-49-51-53-63(81)76-58(59(80)52-50-48-46-44-42-40-38-36-22-20-18-16-14-12-10-8-6-4-2)57-89-73-69(87)66(84)71(61(55-78)91-73)94-75-70(88)67(85)72(62(56-79)92-75)93-74-68(86)65(83)64(82)60(54-77)90-74/h5,7,11,13,17,19,23-24,26-27,29-30,32-33,50,52,58-62,64-75,77-80,82-88H,3-4,6,8-10,12,14-16,18,20-22,25,28,31,34-49,51,53-57H2,1-2H3,(H,76,81)/b7-5-,13-11-,19-17-,24-23-,27-26-,30-29-,33-32-,52-50+. The quantitative estimate of drug-likeness (QED) is 0.0199. The van der Waals surface area contributed by atoms with Gasteiger partial charge in [-0.3, -0.25) is 4.79 Å². The first kappa shape index (κ1) is 84.9. The molecule has 19 nitrogen and oxygen atoms in total. The SMILES string of the molecule is CC/C=C\C/C=C\C/C=C\C/C=C\C/C=C\C/C=C\C/C=C\CCCCCCCCCCCC(=O)NC(COC1OC(CO)C(OC2OC(CO)C(OC3OC(CO)C(O)C(O)C3O)C(O)C2O)C(O)C1O)C(O)/C=C/CCCCCCCCCCCCCCCCCC. The van der Waals surface area contributed by atoms with Gasteiger partial charge in [-0.2, -0.15) is 0 Å². The van der Waals surface area contributed by atoms with Crippen molar-refractivity contribution in [2.45, 2.75) is 343 Å². The summed E-state index contributed by atoms with van der Waals surface area (Å²) in [6.07, 6.45) is 46.6. The molecular weight excluding hydrogens is 1200 g/mol. The van der Waals surface area contributed by atoms with Crippen molar-refractivity contribution < 1.29 is 89.4 Å². The predicted molar refractivity (Wildman–Crippen MR) is 369 cm³/mol. The maximum atomic E-state index is 13.4. The number of rotatable bonds is 55. The van der Waals surface area contributed by atoms with Gasteiger partial charge in [0.1, 0.15) is 73.2 Å². The minimum Gasteiger partial charge on any atom is -0.394 e. The molecular formula is C75H129NO18. The van der Waals surface area contributed by atoms with Gasteiger partial charge < -0.3 is 89.9 Å². The molecule has 0 aliphatic carbocycles. The van der Waals surface area contributed by atoms with Gasteiger partial charge in [0, 0.05) is 6.42 Å². The van der Waals surface area contributed by atoms with Gasteiger partial charge in [0.25, 0.3) is 0 Å². The second-order valence-electron chi connectivity index (χ2n) is 25.7. The zero-order valence-electron chi connectivity index (χ0n) is 57.4. The maximum Gasteiger partial charge on any atom is 0.220 e. The molecule has 3 rings (SSSR count). The molecule has 0 aromatic rings. The van der Waals surface area contributed by atoms with Gasteiger partial charge in [0.15, 0.2) is 18.9 Å². The number of carbonyl (C=O) groups excluding carboxylic acids is 1. The summed E-state index contributed by atoms with van der Waals surface area (Å²) in [6, 6.07) is -0.983. The summed E-state index contributed by atoms with van der Waals surface area (Å²) in [7, 11) is 0. The molecule has 0 spiro atoms. The molecule has 542 valence electrons. The van der Waals surface area contributed by atoms with E-state index in [-0.39, 0.29) is 18.9 Å². The Balaban J connectivity index is 1.41. The zero-order valence-corrected chi connectivity index (χ0v) is 57.4. The van der Waals surface area contributed by atoms with Crippen LogP contribution < -0.4 is 5.32 Å². The van der Waals surface area contributed by atoms with Gasteiger partial charge in [-0.1, -0.05) is 252 Å². The van der Waals surface area contributed by atoms with Crippen molar-refractivity contribution in [3.8, 4) is 0 Å². The summed E-state index contributed by atoms with van der Waals surface area (Å²) < 4.78 is 34.4. The van der Waals surface area contributed by atoms with Crippen molar-refractivity contribution in [3.05, 3.63) is 97.2 Å². The fourth-order valence-corrected chi connectivity index (χ4v) is 11.8. The van der Waals surface area contributed by atoms with Crippen LogP contribution in [-0.4, -0.2) is 193 Å². The third kappa shape index (κ3) is 36.5. The van der Waals surface area contributed by atoms with Crippen molar-refractivity contribution in [1.82, 2.24) is 5.32 Å². The van der Waals surface area contributed by atoms with Crippen LogP contribution in [-0.2, 0) is 33.2 Å². The monoisotopic (exact) mass is 1330 g/mol. The van der Waals surface area contributed by atoms with E-state index in [1.165, 1.54) is 109 Å². The maximum absolute atomic E-state index is 13.4. The summed E-state index contributed by atoms with van der Waals surface area (Å²) in [5.41, 5.74) is 0. The van der Waals surface area contributed by atoms with Crippen molar-refractivity contribution in [3.63, 3.8) is 0 Å². The molecule has 3 aliphatic rings. The van der Waals surface area contributed by atoms with Gasteiger partial charge in [-0.05, 0) is 77.0 Å². The summed E-state index contributed by atoms with van der Waals surface area (Å²) in [6.45, 7) is 1.62. The number of hydrogen-bond donors (Lipinski definition) is 12. The van der Waals surface area contributed by atoms with E-state index in [2.05, 4.69) is 104 Å². The Kier molecular flexibility index (Phi) is 50.2. The van der Waals surface area contributed by atoms with Crippen molar-refractivity contribution >= 4 is 5.91 Å². The summed E-state index contributed by atoms with van der Waals surface area (Å²) in [5.74, 6) is -0.285. The summed E-state index contributed by atoms with van der Waals surface area (Å²) in [4.78, 5) is 13.4. The first-order valence-corrected chi connectivity index (χ1v) is 36.5. The summed E-state index contributed by atoms with van der Waals surface area (Å²) >= 11 is 0. The van der Waals surface area contributed by atoms with E-state index in [9.17, 15) is 61.0 Å². The van der Waals surface area contributed by atoms with E-state index in [1.54, 1.807) is 6.08 Å². The topological polar surface area (TPSA) is 307 Å². The van der Waals surface area contributed by atoms with Crippen LogP contribution in [0.5, 0.6) is 0 Å². The highest BCUT2D eigenvalue weighted by Crippen LogP contribution is 2.33. The molecule has 0 radical (unpaired) electrons. The fourth-order valence-electron chi connectivity index (χ4n) is 11.8. The minimum atomic E-state index is -1.98. The molecule has 17 atom stereocenters. The van der Waals surface area contributed by atoms with Gasteiger partial charge in [-0.25, -0.2) is 0 Å². The molecule has 0 aromatic carbocycles. The van der Waals surface area contributed by atoms with E-state index >= 15 is 0 Å². The average Bonchev–Trinajstić information content (AvgIpc) is 0.787. The molecule has 3 aliphatic heterocycles. The lowest BCUT2D eigenvalue weighted by atomic mass is 9.96. The Morgan fingerprint density at radius 3 is 1.15 bits per heavy atom. The summed E-state index contributed by atoms with van der Waals surface area (Å²) in [5, 5.41) is 121. The normalized spacial score (nSPS) is 27.9. The van der Waals surface area contributed by atoms with E-state index in [0.29, 0.717) is 6.42 Å². The minimum absolute atomic E-state index is 0.230. The van der Waals surface area contributed by atoms with Gasteiger partial charge in [0.05, 0.1) is 38.6 Å². The van der Waals surface area contributed by atoms with E-state index < -0.39 is 124 Å². The Morgan fingerprint density at radius 1 is 0.394 bits per heavy atom. The highest BCUT2D eigenvalue weighted by atomic mass is 16.8. The van der Waals surface area contributed by atoms with Crippen molar-refractivity contribution in [2.24, 2.45) is 0 Å². The van der Waals surface area contributed by atoms with E-state index in [0.717, 1.165) is 103 Å². The van der Waals surface area contributed by atoms with Crippen LogP contribution in [0.25, 0.3) is 0 Å². The molecule has 0 saturated carbocycles. The van der Waals surface area contributed by atoms with Crippen LogP contribution in [0.2, 0.25) is 0 Å². The van der Waals surface area contributed by atoms with Crippen LogP contribution in [0.4, 0.5) is 0 Å². The van der Waals surface area contributed by atoms with E-state index in [1.807, 2.05) is 6.08 Å². The van der Waals surface area contributed by atoms with Crippen LogP contribution in [0.15, 0.2) is 97.2 Å². The Hall–Kier alpha value is -3.29.